The van der Waals surface area contributed by atoms with Crippen LogP contribution in [0.15, 0.2) is 42.5 Å². The Labute approximate surface area is 165 Å². The Morgan fingerprint density at radius 3 is 2.48 bits per heavy atom. The highest BCUT2D eigenvalue weighted by Crippen LogP contribution is 2.32. The normalized spacial score (nSPS) is 11.3. The molecule has 5 heteroatoms. The van der Waals surface area contributed by atoms with E-state index in [4.69, 9.17) is 4.98 Å². The summed E-state index contributed by atoms with van der Waals surface area (Å²) in [7, 11) is 0. The first-order valence-electron chi connectivity index (χ1n) is 9.61. The molecule has 1 N–H and O–H groups in total. The predicted molar refractivity (Wildman–Crippen MR) is 114 cm³/mol. The van der Waals surface area contributed by atoms with Crippen molar-refractivity contribution in [2.45, 2.75) is 27.7 Å². The molecule has 0 saturated heterocycles. The molecule has 0 saturated carbocycles. The van der Waals surface area contributed by atoms with Crippen LogP contribution in [-0.4, -0.2) is 37.1 Å². The maximum atomic E-state index is 13.2. The van der Waals surface area contributed by atoms with Gasteiger partial charge in [0.2, 0.25) is 0 Å². The monoisotopic (exact) mass is 382 g/mol. The van der Waals surface area contributed by atoms with Crippen LogP contribution in [0.3, 0.4) is 0 Å². The number of likely N-dealkylation sites (N-methyl/N-ethyl adjacent to an activating group) is 1. The van der Waals surface area contributed by atoms with E-state index in [2.05, 4.69) is 39.8 Å². The Hall–Kier alpha value is -2.24. The van der Waals surface area contributed by atoms with E-state index < -0.39 is 0 Å². The molecule has 0 radical (unpaired) electrons. The summed E-state index contributed by atoms with van der Waals surface area (Å²) in [5.41, 5.74) is 4.10. The van der Waals surface area contributed by atoms with E-state index in [1.54, 1.807) is 11.3 Å². The van der Waals surface area contributed by atoms with Crippen molar-refractivity contribution >= 4 is 32.6 Å². The molecular formula is C22H28N3OS+. The SMILES string of the molecule is CC[NH+](CC)CCN(C(=O)c1ccccc1)c1nc2cc(C)cc(C)c2s1. The van der Waals surface area contributed by atoms with Gasteiger partial charge in [0.1, 0.15) is 0 Å². The van der Waals surface area contributed by atoms with E-state index in [9.17, 15) is 4.79 Å². The van der Waals surface area contributed by atoms with Crippen molar-refractivity contribution in [3.8, 4) is 0 Å². The summed E-state index contributed by atoms with van der Waals surface area (Å²) in [6.07, 6.45) is 0. The number of anilines is 1. The smallest absolute Gasteiger partial charge is 0.260 e. The molecule has 1 heterocycles. The van der Waals surface area contributed by atoms with E-state index in [1.807, 2.05) is 35.2 Å². The molecule has 0 bridgehead atoms. The molecule has 2 aromatic carbocycles. The number of carbonyl (C=O) groups is 1. The number of aromatic nitrogens is 1. The molecule has 0 atom stereocenters. The summed E-state index contributed by atoms with van der Waals surface area (Å²) >= 11 is 1.62. The number of quaternary nitrogens is 1. The predicted octanol–water partition coefficient (Wildman–Crippen LogP) is 3.48. The number of hydrogen-bond donors (Lipinski definition) is 1. The second-order valence-corrected chi connectivity index (χ2v) is 7.93. The fourth-order valence-electron chi connectivity index (χ4n) is 3.37. The molecule has 0 unspecified atom stereocenters. The van der Waals surface area contributed by atoms with Gasteiger partial charge in [-0.25, -0.2) is 4.98 Å². The Balaban J connectivity index is 1.98. The highest BCUT2D eigenvalue weighted by atomic mass is 32.1. The second kappa shape index (κ2) is 8.63. The molecule has 3 rings (SSSR count). The topological polar surface area (TPSA) is 37.6 Å². The van der Waals surface area contributed by atoms with Crippen LogP contribution in [-0.2, 0) is 0 Å². The third-order valence-corrected chi connectivity index (χ3v) is 6.22. The van der Waals surface area contributed by atoms with Crippen LogP contribution in [0, 0.1) is 13.8 Å². The molecule has 3 aromatic rings. The number of nitrogens with zero attached hydrogens (tertiary/aromatic N) is 2. The average molecular weight is 383 g/mol. The molecule has 27 heavy (non-hydrogen) atoms. The van der Waals surface area contributed by atoms with Gasteiger partial charge in [0.05, 0.1) is 36.4 Å². The maximum absolute atomic E-state index is 13.2. The zero-order valence-corrected chi connectivity index (χ0v) is 17.4. The van der Waals surface area contributed by atoms with Crippen molar-refractivity contribution in [1.29, 1.82) is 0 Å². The number of aryl methyl sites for hydroxylation is 2. The van der Waals surface area contributed by atoms with Crippen molar-refractivity contribution < 1.29 is 9.69 Å². The standard InChI is InChI=1S/C22H27N3OS/c1-5-24(6-2)12-13-25(21(26)18-10-8-7-9-11-18)22-23-19-15-16(3)14-17(4)20(19)27-22/h7-11,14-15H,5-6,12-13H2,1-4H3/p+1. The molecule has 0 aliphatic heterocycles. The number of nitrogens with one attached hydrogen (secondary N) is 1. The molecular weight excluding hydrogens is 354 g/mol. The highest BCUT2D eigenvalue weighted by molar-refractivity contribution is 7.22. The van der Waals surface area contributed by atoms with Gasteiger partial charge in [-0.2, -0.15) is 0 Å². The van der Waals surface area contributed by atoms with Crippen LogP contribution in [0.25, 0.3) is 10.2 Å². The Kier molecular flexibility index (Phi) is 6.24. The first-order valence-corrected chi connectivity index (χ1v) is 10.4. The van der Waals surface area contributed by atoms with Gasteiger partial charge in [-0.3, -0.25) is 9.69 Å². The van der Waals surface area contributed by atoms with Crippen LogP contribution in [0.2, 0.25) is 0 Å². The molecule has 1 amide bonds. The van der Waals surface area contributed by atoms with Gasteiger partial charge in [0.15, 0.2) is 5.13 Å². The Morgan fingerprint density at radius 1 is 1.11 bits per heavy atom. The number of rotatable bonds is 7. The van der Waals surface area contributed by atoms with Gasteiger partial charge in [0, 0.05) is 5.56 Å². The van der Waals surface area contributed by atoms with Gasteiger partial charge in [-0.1, -0.05) is 35.6 Å². The van der Waals surface area contributed by atoms with Crippen LogP contribution in [0.5, 0.6) is 0 Å². The first kappa shape index (κ1) is 19.5. The minimum Gasteiger partial charge on any atom is -0.334 e. The van der Waals surface area contributed by atoms with Crippen molar-refractivity contribution in [2.75, 3.05) is 31.1 Å². The number of fused-ring (bicyclic) bond motifs is 1. The summed E-state index contributed by atoms with van der Waals surface area (Å²) < 4.78 is 1.16. The fourth-order valence-corrected chi connectivity index (χ4v) is 4.41. The zero-order valence-electron chi connectivity index (χ0n) is 16.6. The van der Waals surface area contributed by atoms with Gasteiger partial charge >= 0.3 is 0 Å². The van der Waals surface area contributed by atoms with Crippen LogP contribution < -0.4 is 9.80 Å². The van der Waals surface area contributed by atoms with Crippen molar-refractivity contribution in [3.05, 3.63) is 59.2 Å². The number of carbonyl (C=O) groups excluding carboxylic acids is 1. The second-order valence-electron chi connectivity index (χ2n) is 6.96. The lowest BCUT2D eigenvalue weighted by atomic mass is 10.1. The Bertz CT molecular complexity index is 916. The third kappa shape index (κ3) is 4.37. The molecule has 0 fully saturated rings. The Morgan fingerprint density at radius 2 is 1.81 bits per heavy atom. The number of hydrogen-bond acceptors (Lipinski definition) is 3. The third-order valence-electron chi connectivity index (χ3n) is 4.99. The highest BCUT2D eigenvalue weighted by Gasteiger charge is 2.23. The fraction of sp³-hybridized carbons (Fsp3) is 0.364. The summed E-state index contributed by atoms with van der Waals surface area (Å²) in [5, 5.41) is 0.791. The maximum Gasteiger partial charge on any atom is 0.260 e. The molecule has 142 valence electrons. The summed E-state index contributed by atoms with van der Waals surface area (Å²) in [6.45, 7) is 12.3. The molecule has 0 aliphatic carbocycles. The largest absolute Gasteiger partial charge is 0.334 e. The first-order chi connectivity index (χ1) is 13.0. The quantitative estimate of drug-likeness (QED) is 0.679. The van der Waals surface area contributed by atoms with Crippen LogP contribution in [0.4, 0.5) is 5.13 Å². The minimum absolute atomic E-state index is 0.0237. The van der Waals surface area contributed by atoms with E-state index in [0.717, 1.165) is 35.0 Å². The van der Waals surface area contributed by atoms with E-state index in [0.29, 0.717) is 12.1 Å². The summed E-state index contributed by atoms with van der Waals surface area (Å²) in [4.78, 5) is 21.4. The number of thiazole rings is 1. The van der Waals surface area contributed by atoms with Gasteiger partial charge in [0.25, 0.3) is 5.91 Å². The molecule has 1 aromatic heterocycles. The minimum atomic E-state index is 0.0237. The number of benzene rings is 2. The average Bonchev–Trinajstić information content (AvgIpc) is 3.09. The van der Waals surface area contributed by atoms with Crippen LogP contribution in [0.1, 0.15) is 35.3 Å². The summed E-state index contributed by atoms with van der Waals surface area (Å²) in [6, 6.07) is 13.8. The zero-order chi connectivity index (χ0) is 19.4. The van der Waals surface area contributed by atoms with E-state index in [1.165, 1.54) is 16.0 Å². The number of amides is 1. The lowest BCUT2D eigenvalue weighted by Crippen LogP contribution is -3.12. The lowest BCUT2D eigenvalue weighted by molar-refractivity contribution is -0.894. The van der Waals surface area contributed by atoms with E-state index in [-0.39, 0.29) is 5.91 Å². The molecule has 0 spiro atoms. The van der Waals surface area contributed by atoms with Gasteiger partial charge < -0.3 is 4.90 Å². The molecule has 0 aliphatic rings. The van der Waals surface area contributed by atoms with Crippen molar-refractivity contribution in [1.82, 2.24) is 4.98 Å². The van der Waals surface area contributed by atoms with Gasteiger partial charge in [-0.15, -0.1) is 0 Å². The lowest BCUT2D eigenvalue weighted by Gasteiger charge is -2.23. The van der Waals surface area contributed by atoms with E-state index >= 15 is 0 Å². The molecule has 4 nitrogen and oxygen atoms in total. The van der Waals surface area contributed by atoms with Gasteiger partial charge in [-0.05, 0) is 57.0 Å². The van der Waals surface area contributed by atoms with Crippen molar-refractivity contribution in [2.24, 2.45) is 0 Å². The van der Waals surface area contributed by atoms with Crippen LogP contribution >= 0.6 is 11.3 Å². The summed E-state index contributed by atoms with van der Waals surface area (Å²) in [5.74, 6) is 0.0237. The van der Waals surface area contributed by atoms with Crippen molar-refractivity contribution in [3.63, 3.8) is 0 Å².